The van der Waals surface area contributed by atoms with Crippen molar-refractivity contribution in [1.29, 1.82) is 0 Å². The Balaban J connectivity index is 0.00000200. The Morgan fingerprint density at radius 1 is 1.30 bits per heavy atom. The molecule has 2 rings (SSSR count). The smallest absolute Gasteiger partial charge is 0.191 e. The van der Waals surface area contributed by atoms with Gasteiger partial charge < -0.3 is 15.4 Å². The zero-order valence-electron chi connectivity index (χ0n) is 13.3. The van der Waals surface area contributed by atoms with Gasteiger partial charge in [0.2, 0.25) is 0 Å². The van der Waals surface area contributed by atoms with Gasteiger partial charge in [-0.3, -0.25) is 4.99 Å². The van der Waals surface area contributed by atoms with E-state index in [0.717, 1.165) is 19.6 Å². The van der Waals surface area contributed by atoms with E-state index < -0.39 is 0 Å². The quantitative estimate of drug-likeness (QED) is 0.454. The summed E-state index contributed by atoms with van der Waals surface area (Å²) in [5.74, 6) is 1.20. The molecule has 1 aliphatic heterocycles. The van der Waals surface area contributed by atoms with Crippen molar-refractivity contribution >= 4 is 29.9 Å². The molecule has 0 amide bonds. The first kappa shape index (κ1) is 18.0. The van der Waals surface area contributed by atoms with Crippen molar-refractivity contribution in [2.75, 3.05) is 20.2 Å². The predicted octanol–water partition coefficient (Wildman–Crippen LogP) is 2.85. The summed E-state index contributed by atoms with van der Waals surface area (Å²) in [6.45, 7) is 8.43. The summed E-state index contributed by atoms with van der Waals surface area (Å²) in [4.78, 5) is 6.73. The molecule has 1 saturated heterocycles. The Morgan fingerprint density at radius 3 is 2.50 bits per heavy atom. The van der Waals surface area contributed by atoms with Crippen molar-refractivity contribution in [3.8, 4) is 0 Å². The molecule has 0 aromatic heterocycles. The zero-order chi connectivity index (χ0) is 14.0. The second-order valence-corrected chi connectivity index (χ2v) is 7.10. The van der Waals surface area contributed by atoms with Crippen molar-refractivity contribution in [3.63, 3.8) is 0 Å². The van der Waals surface area contributed by atoms with Gasteiger partial charge in [0.15, 0.2) is 5.96 Å². The SMILES string of the molecule is CN(C(N)=NCC1CCCOC1C(C)(C)C)C1CC1.I. The highest BCUT2D eigenvalue weighted by Gasteiger charge is 2.35. The average molecular weight is 395 g/mol. The minimum absolute atomic E-state index is 0. The molecule has 5 heteroatoms. The summed E-state index contributed by atoms with van der Waals surface area (Å²) < 4.78 is 5.98. The van der Waals surface area contributed by atoms with Gasteiger partial charge in [-0.25, -0.2) is 0 Å². The van der Waals surface area contributed by atoms with Gasteiger partial charge in [0.05, 0.1) is 6.10 Å². The van der Waals surface area contributed by atoms with Crippen LogP contribution in [0.25, 0.3) is 0 Å². The van der Waals surface area contributed by atoms with Crippen LogP contribution >= 0.6 is 24.0 Å². The van der Waals surface area contributed by atoms with Crippen molar-refractivity contribution < 1.29 is 4.74 Å². The molecule has 20 heavy (non-hydrogen) atoms. The Hall–Kier alpha value is -0.0400. The number of rotatable bonds is 3. The highest BCUT2D eigenvalue weighted by atomic mass is 127. The third-order valence-corrected chi connectivity index (χ3v) is 4.24. The fourth-order valence-corrected chi connectivity index (χ4v) is 2.96. The summed E-state index contributed by atoms with van der Waals surface area (Å²) in [6.07, 6.45) is 5.15. The van der Waals surface area contributed by atoms with Crippen molar-refractivity contribution in [2.24, 2.45) is 22.1 Å². The van der Waals surface area contributed by atoms with E-state index in [1.807, 2.05) is 0 Å². The summed E-state index contributed by atoms with van der Waals surface area (Å²) in [5, 5.41) is 0. The van der Waals surface area contributed by atoms with Gasteiger partial charge in [0.25, 0.3) is 0 Å². The first-order chi connectivity index (χ1) is 8.89. The molecule has 0 aromatic rings. The second kappa shape index (κ2) is 7.29. The first-order valence-corrected chi connectivity index (χ1v) is 7.54. The van der Waals surface area contributed by atoms with Crippen LogP contribution in [0.2, 0.25) is 0 Å². The van der Waals surface area contributed by atoms with Crippen LogP contribution in [0.1, 0.15) is 46.5 Å². The predicted molar refractivity (Wildman–Crippen MR) is 94.6 cm³/mol. The molecule has 1 aliphatic carbocycles. The lowest BCUT2D eigenvalue weighted by atomic mass is 9.78. The fraction of sp³-hybridized carbons (Fsp3) is 0.933. The van der Waals surface area contributed by atoms with Gasteiger partial charge in [-0.15, -0.1) is 24.0 Å². The van der Waals surface area contributed by atoms with Crippen molar-refractivity contribution in [1.82, 2.24) is 4.90 Å². The number of ether oxygens (including phenoxy) is 1. The number of halogens is 1. The van der Waals surface area contributed by atoms with Gasteiger partial charge in [-0.05, 0) is 31.1 Å². The number of hydrogen-bond donors (Lipinski definition) is 1. The molecule has 0 bridgehead atoms. The van der Waals surface area contributed by atoms with E-state index in [1.165, 1.54) is 19.3 Å². The lowest BCUT2D eigenvalue weighted by Gasteiger charge is -2.39. The summed E-state index contributed by atoms with van der Waals surface area (Å²) in [6, 6.07) is 0.629. The molecule has 1 saturated carbocycles. The van der Waals surface area contributed by atoms with Crippen LogP contribution in [0.4, 0.5) is 0 Å². The first-order valence-electron chi connectivity index (χ1n) is 7.54. The van der Waals surface area contributed by atoms with E-state index in [4.69, 9.17) is 10.5 Å². The normalized spacial score (nSPS) is 27.9. The third kappa shape index (κ3) is 4.76. The number of guanidine groups is 1. The molecule has 1 heterocycles. The van der Waals surface area contributed by atoms with Gasteiger partial charge in [-0.1, -0.05) is 20.8 Å². The van der Waals surface area contributed by atoms with Crippen LogP contribution in [0.15, 0.2) is 4.99 Å². The van der Waals surface area contributed by atoms with Crippen LogP contribution in [0.5, 0.6) is 0 Å². The molecule has 2 unspecified atom stereocenters. The molecule has 2 fully saturated rings. The highest BCUT2D eigenvalue weighted by molar-refractivity contribution is 14.0. The van der Waals surface area contributed by atoms with Crippen LogP contribution in [-0.2, 0) is 4.74 Å². The Morgan fingerprint density at radius 2 is 1.95 bits per heavy atom. The van der Waals surface area contributed by atoms with Gasteiger partial charge in [0.1, 0.15) is 0 Å². The fourth-order valence-electron chi connectivity index (χ4n) is 2.96. The molecule has 2 atom stereocenters. The molecule has 118 valence electrons. The Kier molecular flexibility index (Phi) is 6.57. The van der Waals surface area contributed by atoms with Crippen LogP contribution in [0, 0.1) is 11.3 Å². The third-order valence-electron chi connectivity index (χ3n) is 4.24. The molecule has 0 radical (unpaired) electrons. The van der Waals surface area contributed by atoms with Gasteiger partial charge in [0, 0.05) is 32.2 Å². The monoisotopic (exact) mass is 395 g/mol. The van der Waals surface area contributed by atoms with E-state index in [9.17, 15) is 0 Å². The lowest BCUT2D eigenvalue weighted by Crippen LogP contribution is -2.42. The summed E-state index contributed by atoms with van der Waals surface area (Å²) in [5.41, 5.74) is 6.24. The summed E-state index contributed by atoms with van der Waals surface area (Å²) in [7, 11) is 2.05. The molecular weight excluding hydrogens is 365 g/mol. The maximum absolute atomic E-state index is 6.06. The highest BCUT2D eigenvalue weighted by Crippen LogP contribution is 2.34. The maximum Gasteiger partial charge on any atom is 0.191 e. The van der Waals surface area contributed by atoms with E-state index in [1.54, 1.807) is 0 Å². The second-order valence-electron chi connectivity index (χ2n) is 7.10. The molecule has 2 N–H and O–H groups in total. The van der Waals surface area contributed by atoms with E-state index in [2.05, 4.69) is 37.7 Å². The topological polar surface area (TPSA) is 50.8 Å². The minimum atomic E-state index is 0. The lowest BCUT2D eigenvalue weighted by molar-refractivity contribution is -0.0823. The van der Waals surface area contributed by atoms with E-state index >= 15 is 0 Å². The number of hydrogen-bond acceptors (Lipinski definition) is 2. The van der Waals surface area contributed by atoms with Crippen LogP contribution in [-0.4, -0.2) is 43.2 Å². The van der Waals surface area contributed by atoms with Crippen molar-refractivity contribution in [3.05, 3.63) is 0 Å². The zero-order valence-corrected chi connectivity index (χ0v) is 15.6. The number of nitrogens with zero attached hydrogens (tertiary/aromatic N) is 2. The van der Waals surface area contributed by atoms with Gasteiger partial charge in [-0.2, -0.15) is 0 Å². The van der Waals surface area contributed by atoms with E-state index in [-0.39, 0.29) is 29.4 Å². The molecule has 2 aliphatic rings. The average Bonchev–Trinajstić information content (AvgIpc) is 3.18. The minimum Gasteiger partial charge on any atom is -0.377 e. The molecule has 4 nitrogen and oxygen atoms in total. The Bertz CT molecular complexity index is 337. The molecular formula is C15H30IN3O. The van der Waals surface area contributed by atoms with E-state index in [0.29, 0.717) is 24.0 Å². The van der Waals surface area contributed by atoms with Crippen molar-refractivity contribution in [2.45, 2.75) is 58.6 Å². The molecule has 0 aromatic carbocycles. The maximum atomic E-state index is 6.06. The van der Waals surface area contributed by atoms with Crippen LogP contribution in [0.3, 0.4) is 0 Å². The number of aliphatic imine (C=N–C) groups is 1. The van der Waals surface area contributed by atoms with Crippen LogP contribution < -0.4 is 5.73 Å². The number of nitrogens with two attached hydrogens (primary N) is 1. The summed E-state index contributed by atoms with van der Waals surface area (Å²) >= 11 is 0. The molecule has 0 spiro atoms. The van der Waals surface area contributed by atoms with Gasteiger partial charge >= 0.3 is 0 Å². The largest absolute Gasteiger partial charge is 0.377 e. The standard InChI is InChI=1S/C15H29N3O.HI/c1-15(2,3)13-11(6-5-9-19-13)10-17-14(16)18(4)12-7-8-12;/h11-13H,5-10H2,1-4H3,(H2,16,17);1H. The Labute approximate surface area is 140 Å².